The maximum Gasteiger partial charge on any atom is 0.142 e. The molecule has 4 rings (SSSR count). The largest absolute Gasteiger partial charge is 0.506 e. The number of rotatable bonds is 2. The van der Waals surface area contributed by atoms with Gasteiger partial charge in [0.25, 0.3) is 0 Å². The molecule has 0 radical (unpaired) electrons. The minimum Gasteiger partial charge on any atom is -0.506 e. The minimum atomic E-state index is 0.264. The fraction of sp³-hybridized carbons (Fsp3) is 0. The summed E-state index contributed by atoms with van der Waals surface area (Å²) in [5.41, 5.74) is 1.47. The molecule has 0 atom stereocenters. The number of nitrogens with zero attached hydrogens (tertiary/aromatic N) is 2. The van der Waals surface area contributed by atoms with Crippen molar-refractivity contribution in [2.45, 2.75) is 0 Å². The quantitative estimate of drug-likeness (QED) is 0.486. The van der Waals surface area contributed by atoms with E-state index in [1.165, 1.54) is 11.3 Å². The Balaban J connectivity index is 1.82. The molecule has 0 saturated carbocycles. The van der Waals surface area contributed by atoms with Crippen molar-refractivity contribution >= 4 is 55.8 Å². The van der Waals surface area contributed by atoms with Crippen LogP contribution in [0.15, 0.2) is 59.7 Å². The first-order chi connectivity index (χ1) is 11.2. The van der Waals surface area contributed by atoms with Gasteiger partial charge in [-0.1, -0.05) is 23.7 Å². The highest BCUT2D eigenvalue weighted by atomic mass is 35.5. The fourth-order valence-electron chi connectivity index (χ4n) is 2.49. The molecule has 2 aromatic heterocycles. The van der Waals surface area contributed by atoms with E-state index in [0.29, 0.717) is 5.02 Å². The van der Waals surface area contributed by atoms with Crippen molar-refractivity contribution in [1.82, 2.24) is 4.98 Å². The van der Waals surface area contributed by atoms with Crippen LogP contribution in [0.5, 0.6) is 5.75 Å². The summed E-state index contributed by atoms with van der Waals surface area (Å²) in [6.07, 6.45) is 3.39. The summed E-state index contributed by atoms with van der Waals surface area (Å²) >= 11 is 7.70. The monoisotopic (exact) mass is 338 g/mol. The molecule has 2 heterocycles. The molecule has 5 heteroatoms. The molecule has 0 unspecified atom stereocenters. The minimum absolute atomic E-state index is 0.264. The first kappa shape index (κ1) is 14.2. The zero-order valence-electron chi connectivity index (χ0n) is 11.9. The lowest BCUT2D eigenvalue weighted by Gasteiger charge is -2.02. The van der Waals surface area contributed by atoms with E-state index in [2.05, 4.69) is 9.98 Å². The molecule has 0 spiro atoms. The molecule has 0 fully saturated rings. The molecule has 4 aromatic rings. The van der Waals surface area contributed by atoms with Gasteiger partial charge in [0.15, 0.2) is 0 Å². The molecule has 0 aliphatic rings. The van der Waals surface area contributed by atoms with E-state index in [0.717, 1.165) is 31.6 Å². The summed E-state index contributed by atoms with van der Waals surface area (Å²) in [6.45, 7) is 0. The molecule has 23 heavy (non-hydrogen) atoms. The van der Waals surface area contributed by atoms with Crippen molar-refractivity contribution in [2.24, 2.45) is 4.99 Å². The van der Waals surface area contributed by atoms with Crippen molar-refractivity contribution in [3.05, 3.63) is 64.6 Å². The van der Waals surface area contributed by atoms with Gasteiger partial charge < -0.3 is 5.11 Å². The average Bonchev–Trinajstić information content (AvgIpc) is 2.91. The van der Waals surface area contributed by atoms with Crippen molar-refractivity contribution in [2.75, 3.05) is 0 Å². The Labute approximate surface area is 141 Å². The van der Waals surface area contributed by atoms with Crippen molar-refractivity contribution in [3.8, 4) is 5.75 Å². The highest BCUT2D eigenvalue weighted by molar-refractivity contribution is 7.21. The van der Waals surface area contributed by atoms with Gasteiger partial charge in [0.05, 0.1) is 21.1 Å². The number of hydrogen-bond acceptors (Lipinski definition) is 4. The van der Waals surface area contributed by atoms with Gasteiger partial charge in [-0.15, -0.1) is 11.3 Å². The van der Waals surface area contributed by atoms with Gasteiger partial charge in [-0.2, -0.15) is 0 Å². The molecule has 0 aliphatic heterocycles. The van der Waals surface area contributed by atoms with E-state index in [4.69, 9.17) is 11.6 Å². The van der Waals surface area contributed by atoms with E-state index in [1.54, 1.807) is 12.4 Å². The average molecular weight is 339 g/mol. The van der Waals surface area contributed by atoms with E-state index in [1.807, 2.05) is 48.5 Å². The lowest BCUT2D eigenvalue weighted by Crippen LogP contribution is -1.81. The predicted octanol–water partition coefficient (Wildman–Crippen LogP) is 5.56. The summed E-state index contributed by atoms with van der Waals surface area (Å²) < 4.78 is 1.03. The van der Waals surface area contributed by atoms with Crippen molar-refractivity contribution < 1.29 is 5.11 Å². The van der Waals surface area contributed by atoms with Crippen molar-refractivity contribution in [1.29, 1.82) is 0 Å². The molecule has 1 N–H and O–H groups in total. The lowest BCUT2D eigenvalue weighted by atomic mass is 10.2. The zero-order chi connectivity index (χ0) is 15.8. The maximum atomic E-state index is 10.3. The molecule has 3 nitrogen and oxygen atoms in total. The van der Waals surface area contributed by atoms with E-state index in [9.17, 15) is 5.11 Å². The first-order valence-electron chi connectivity index (χ1n) is 7.02. The van der Waals surface area contributed by atoms with Gasteiger partial charge in [0, 0.05) is 27.9 Å². The third kappa shape index (κ3) is 2.46. The van der Waals surface area contributed by atoms with Gasteiger partial charge in [0.2, 0.25) is 0 Å². The maximum absolute atomic E-state index is 10.3. The van der Waals surface area contributed by atoms with Gasteiger partial charge >= 0.3 is 0 Å². The molecule has 0 amide bonds. The van der Waals surface area contributed by atoms with Crippen LogP contribution in [0.25, 0.3) is 21.0 Å². The standard InChI is InChI=1S/C18H11ClN2OS/c19-13-7-8-14(17-11(13)5-3-9-20-17)21-10-16-18(22)12-4-1-2-6-15(12)23-16/h1-10,22H. The van der Waals surface area contributed by atoms with Crippen LogP contribution >= 0.6 is 22.9 Å². The summed E-state index contributed by atoms with van der Waals surface area (Å²) in [7, 11) is 0. The highest BCUT2D eigenvalue weighted by Gasteiger charge is 2.09. The highest BCUT2D eigenvalue weighted by Crippen LogP contribution is 2.36. The van der Waals surface area contributed by atoms with Crippen LogP contribution in [0, 0.1) is 0 Å². The summed E-state index contributed by atoms with van der Waals surface area (Å²) in [6, 6.07) is 15.2. The van der Waals surface area contributed by atoms with Crippen LogP contribution in [0.2, 0.25) is 5.02 Å². The Morgan fingerprint density at radius 2 is 1.87 bits per heavy atom. The van der Waals surface area contributed by atoms with Crippen LogP contribution in [0.4, 0.5) is 5.69 Å². The van der Waals surface area contributed by atoms with E-state index < -0.39 is 0 Å². The number of hydrogen-bond donors (Lipinski definition) is 1. The number of aromatic nitrogens is 1. The normalized spacial score (nSPS) is 11.7. The van der Waals surface area contributed by atoms with Gasteiger partial charge in [-0.05, 0) is 36.4 Å². The summed E-state index contributed by atoms with van der Waals surface area (Å²) in [5, 5.41) is 12.7. The van der Waals surface area contributed by atoms with E-state index in [-0.39, 0.29) is 5.75 Å². The molecule has 112 valence electrons. The number of pyridine rings is 1. The Bertz CT molecular complexity index is 1060. The van der Waals surface area contributed by atoms with Gasteiger partial charge in [0.1, 0.15) is 5.75 Å². The van der Waals surface area contributed by atoms with Crippen LogP contribution in [-0.4, -0.2) is 16.3 Å². The predicted molar refractivity (Wildman–Crippen MR) is 97.5 cm³/mol. The number of halogens is 1. The summed E-state index contributed by atoms with van der Waals surface area (Å²) in [4.78, 5) is 9.60. The topological polar surface area (TPSA) is 45.5 Å². The summed E-state index contributed by atoms with van der Waals surface area (Å²) in [5.74, 6) is 0.264. The second-order valence-corrected chi connectivity index (χ2v) is 6.53. The third-order valence-corrected chi connectivity index (χ3v) is 5.04. The number of aromatic hydroxyl groups is 1. The third-order valence-electron chi connectivity index (χ3n) is 3.61. The number of benzene rings is 2. The second-order valence-electron chi connectivity index (χ2n) is 5.04. The Morgan fingerprint density at radius 1 is 1.04 bits per heavy atom. The van der Waals surface area contributed by atoms with E-state index >= 15 is 0 Å². The number of aliphatic imine (C=N–C) groups is 1. The SMILES string of the molecule is Oc1c(C=Nc2ccc(Cl)c3cccnc23)sc2ccccc12. The number of fused-ring (bicyclic) bond motifs is 2. The Kier molecular flexibility index (Phi) is 3.48. The molecule has 0 saturated heterocycles. The number of thiophene rings is 1. The zero-order valence-corrected chi connectivity index (χ0v) is 13.5. The molecular formula is C18H11ClN2OS. The lowest BCUT2D eigenvalue weighted by molar-refractivity contribution is 0.483. The molecular weight excluding hydrogens is 328 g/mol. The van der Waals surface area contributed by atoms with Gasteiger partial charge in [-0.25, -0.2) is 0 Å². The smallest absolute Gasteiger partial charge is 0.142 e. The van der Waals surface area contributed by atoms with Gasteiger partial charge in [-0.3, -0.25) is 9.98 Å². The van der Waals surface area contributed by atoms with Crippen LogP contribution < -0.4 is 0 Å². The first-order valence-corrected chi connectivity index (χ1v) is 8.21. The molecule has 0 aliphatic carbocycles. The molecule has 2 aromatic carbocycles. The van der Waals surface area contributed by atoms with Crippen LogP contribution in [0.3, 0.4) is 0 Å². The Morgan fingerprint density at radius 3 is 2.74 bits per heavy atom. The second kappa shape index (κ2) is 5.65. The van der Waals surface area contributed by atoms with Crippen molar-refractivity contribution in [3.63, 3.8) is 0 Å². The molecule has 0 bridgehead atoms. The fourth-order valence-corrected chi connectivity index (χ4v) is 3.68. The van der Waals surface area contributed by atoms with Crippen LogP contribution in [0.1, 0.15) is 4.88 Å². The van der Waals surface area contributed by atoms with Crippen LogP contribution in [-0.2, 0) is 0 Å². The Hall–Kier alpha value is -2.43.